The van der Waals surface area contributed by atoms with E-state index in [1.165, 1.54) is 6.07 Å². The Bertz CT molecular complexity index is 479. The summed E-state index contributed by atoms with van der Waals surface area (Å²) >= 11 is 1.16. The van der Waals surface area contributed by atoms with Gasteiger partial charge in [-0.2, -0.15) is 0 Å². The standard InChI is InChI=1S/C11H9FN2OS/c12-9-3-1-2-8(7-15)11(9)16-10-6-13-4-5-14-10/h1-6,15H,7H2. The van der Waals surface area contributed by atoms with Crippen molar-refractivity contribution < 1.29 is 9.50 Å². The average Bonchev–Trinajstić information content (AvgIpc) is 2.33. The smallest absolute Gasteiger partial charge is 0.137 e. The first-order valence-electron chi connectivity index (χ1n) is 4.63. The number of hydrogen-bond donors (Lipinski definition) is 1. The van der Waals surface area contributed by atoms with Crippen molar-refractivity contribution in [3.8, 4) is 0 Å². The Morgan fingerprint density at radius 1 is 1.31 bits per heavy atom. The van der Waals surface area contributed by atoms with Crippen LogP contribution in [0, 0.1) is 5.82 Å². The molecule has 1 aromatic heterocycles. The molecule has 0 saturated carbocycles. The summed E-state index contributed by atoms with van der Waals surface area (Å²) < 4.78 is 13.5. The second-order valence-electron chi connectivity index (χ2n) is 3.03. The van der Waals surface area contributed by atoms with Crippen molar-refractivity contribution in [3.05, 3.63) is 48.2 Å². The van der Waals surface area contributed by atoms with Gasteiger partial charge >= 0.3 is 0 Å². The molecule has 0 aliphatic carbocycles. The van der Waals surface area contributed by atoms with Crippen LogP contribution >= 0.6 is 11.8 Å². The number of rotatable bonds is 3. The van der Waals surface area contributed by atoms with Gasteiger partial charge in [-0.15, -0.1) is 0 Å². The summed E-state index contributed by atoms with van der Waals surface area (Å²) in [7, 11) is 0. The zero-order valence-electron chi connectivity index (χ0n) is 8.30. The van der Waals surface area contributed by atoms with Gasteiger partial charge in [-0.05, 0) is 11.6 Å². The number of halogens is 1. The molecule has 3 nitrogen and oxygen atoms in total. The highest BCUT2D eigenvalue weighted by Gasteiger charge is 2.09. The van der Waals surface area contributed by atoms with Crippen LogP contribution in [-0.2, 0) is 6.61 Å². The minimum absolute atomic E-state index is 0.194. The molecule has 0 bridgehead atoms. The Kier molecular flexibility index (Phi) is 3.48. The molecule has 2 aromatic rings. The van der Waals surface area contributed by atoms with Crippen molar-refractivity contribution in [1.82, 2.24) is 9.97 Å². The molecule has 0 radical (unpaired) electrons. The van der Waals surface area contributed by atoms with Crippen molar-refractivity contribution in [2.75, 3.05) is 0 Å². The molecule has 1 heterocycles. The lowest BCUT2D eigenvalue weighted by atomic mass is 10.2. The molecule has 0 unspecified atom stereocenters. The van der Waals surface area contributed by atoms with E-state index in [1.807, 2.05) is 0 Å². The van der Waals surface area contributed by atoms with E-state index < -0.39 is 0 Å². The van der Waals surface area contributed by atoms with E-state index in [2.05, 4.69) is 9.97 Å². The van der Waals surface area contributed by atoms with E-state index in [9.17, 15) is 4.39 Å². The normalized spacial score (nSPS) is 10.4. The highest BCUT2D eigenvalue weighted by molar-refractivity contribution is 7.99. The summed E-state index contributed by atoms with van der Waals surface area (Å²) in [5.74, 6) is -0.359. The Morgan fingerprint density at radius 3 is 2.88 bits per heavy atom. The van der Waals surface area contributed by atoms with Gasteiger partial charge in [0.05, 0.1) is 17.7 Å². The predicted molar refractivity (Wildman–Crippen MR) is 58.5 cm³/mol. The first kappa shape index (κ1) is 11.0. The third-order valence-electron chi connectivity index (χ3n) is 1.96. The molecular weight excluding hydrogens is 227 g/mol. The summed E-state index contributed by atoms with van der Waals surface area (Å²) in [5.41, 5.74) is 0.552. The van der Waals surface area contributed by atoms with E-state index in [4.69, 9.17) is 5.11 Å². The quantitative estimate of drug-likeness (QED) is 0.888. The van der Waals surface area contributed by atoms with Crippen LogP contribution in [0.3, 0.4) is 0 Å². The van der Waals surface area contributed by atoms with Crippen molar-refractivity contribution >= 4 is 11.8 Å². The van der Waals surface area contributed by atoms with E-state index in [0.717, 1.165) is 11.8 Å². The molecule has 0 atom stereocenters. The fourth-order valence-corrected chi connectivity index (χ4v) is 2.10. The van der Waals surface area contributed by atoms with Gasteiger partial charge in [0.15, 0.2) is 0 Å². The van der Waals surface area contributed by atoms with Gasteiger partial charge < -0.3 is 5.11 Å². The Morgan fingerprint density at radius 2 is 2.19 bits per heavy atom. The minimum atomic E-state index is -0.359. The molecule has 0 amide bonds. The average molecular weight is 236 g/mol. The van der Waals surface area contributed by atoms with E-state index >= 15 is 0 Å². The van der Waals surface area contributed by atoms with Gasteiger partial charge in [-0.25, -0.2) is 9.37 Å². The molecular formula is C11H9FN2OS. The first-order chi connectivity index (χ1) is 7.81. The van der Waals surface area contributed by atoms with Gasteiger partial charge in [0.1, 0.15) is 10.8 Å². The second-order valence-corrected chi connectivity index (χ2v) is 4.06. The monoisotopic (exact) mass is 236 g/mol. The topological polar surface area (TPSA) is 46.0 Å². The van der Waals surface area contributed by atoms with E-state index in [-0.39, 0.29) is 12.4 Å². The number of aliphatic hydroxyl groups is 1. The molecule has 0 aliphatic rings. The summed E-state index contributed by atoms with van der Waals surface area (Å²) in [6, 6.07) is 4.61. The third-order valence-corrected chi connectivity index (χ3v) is 3.05. The molecule has 5 heteroatoms. The molecule has 82 valence electrons. The van der Waals surface area contributed by atoms with Gasteiger partial charge in [-0.3, -0.25) is 4.98 Å². The zero-order valence-corrected chi connectivity index (χ0v) is 9.12. The van der Waals surface area contributed by atoms with Crippen molar-refractivity contribution in [1.29, 1.82) is 0 Å². The molecule has 0 spiro atoms. The van der Waals surface area contributed by atoms with Crippen LogP contribution in [0.15, 0.2) is 46.7 Å². The van der Waals surface area contributed by atoms with Crippen molar-refractivity contribution in [2.24, 2.45) is 0 Å². The van der Waals surface area contributed by atoms with Crippen LogP contribution in [0.1, 0.15) is 5.56 Å². The Balaban J connectivity index is 2.34. The zero-order chi connectivity index (χ0) is 11.4. The van der Waals surface area contributed by atoms with Crippen LogP contribution in [-0.4, -0.2) is 15.1 Å². The number of nitrogens with zero attached hydrogens (tertiary/aromatic N) is 2. The van der Waals surface area contributed by atoms with Crippen LogP contribution in [0.4, 0.5) is 4.39 Å². The van der Waals surface area contributed by atoms with Crippen LogP contribution in [0.25, 0.3) is 0 Å². The maximum atomic E-state index is 13.5. The Hall–Kier alpha value is -1.46. The lowest BCUT2D eigenvalue weighted by Crippen LogP contribution is -1.92. The second kappa shape index (κ2) is 5.05. The van der Waals surface area contributed by atoms with Gasteiger partial charge in [0.25, 0.3) is 0 Å². The van der Waals surface area contributed by atoms with Crippen LogP contribution in [0.5, 0.6) is 0 Å². The minimum Gasteiger partial charge on any atom is -0.392 e. The summed E-state index contributed by atoms with van der Waals surface area (Å²) in [4.78, 5) is 8.33. The molecule has 0 fully saturated rings. The van der Waals surface area contributed by atoms with E-state index in [1.54, 1.807) is 30.7 Å². The number of hydrogen-bond acceptors (Lipinski definition) is 4. The summed E-state index contributed by atoms with van der Waals surface area (Å²) in [6.45, 7) is -0.194. The largest absolute Gasteiger partial charge is 0.392 e. The fourth-order valence-electron chi connectivity index (χ4n) is 1.23. The number of aromatic nitrogens is 2. The third kappa shape index (κ3) is 2.37. The maximum Gasteiger partial charge on any atom is 0.137 e. The lowest BCUT2D eigenvalue weighted by molar-refractivity contribution is 0.277. The predicted octanol–water partition coefficient (Wildman–Crippen LogP) is 2.26. The van der Waals surface area contributed by atoms with Crippen molar-refractivity contribution in [2.45, 2.75) is 16.5 Å². The summed E-state index contributed by atoms with van der Waals surface area (Å²) in [5, 5.41) is 9.70. The fraction of sp³-hybridized carbons (Fsp3) is 0.0909. The Labute approximate surface area is 96.4 Å². The molecule has 0 aliphatic heterocycles. The highest BCUT2D eigenvalue weighted by atomic mass is 32.2. The molecule has 2 rings (SSSR count). The molecule has 1 aromatic carbocycles. The number of aliphatic hydroxyl groups excluding tert-OH is 1. The highest BCUT2D eigenvalue weighted by Crippen LogP contribution is 2.30. The van der Waals surface area contributed by atoms with Gasteiger partial charge in [0.2, 0.25) is 0 Å². The van der Waals surface area contributed by atoms with Crippen LogP contribution < -0.4 is 0 Å². The SMILES string of the molecule is OCc1cccc(F)c1Sc1cnccn1. The first-order valence-corrected chi connectivity index (χ1v) is 5.45. The number of benzene rings is 1. The maximum absolute atomic E-state index is 13.5. The summed E-state index contributed by atoms with van der Waals surface area (Å²) in [6.07, 6.45) is 4.65. The molecule has 1 N–H and O–H groups in total. The van der Waals surface area contributed by atoms with Crippen molar-refractivity contribution in [3.63, 3.8) is 0 Å². The lowest BCUT2D eigenvalue weighted by Gasteiger charge is -2.06. The van der Waals surface area contributed by atoms with E-state index in [0.29, 0.717) is 15.5 Å². The molecule has 0 saturated heterocycles. The molecule has 16 heavy (non-hydrogen) atoms. The van der Waals surface area contributed by atoms with Crippen LogP contribution in [0.2, 0.25) is 0 Å². The van der Waals surface area contributed by atoms with Gasteiger partial charge in [-0.1, -0.05) is 23.9 Å². The van der Waals surface area contributed by atoms with Gasteiger partial charge in [0, 0.05) is 12.4 Å².